The van der Waals surface area contributed by atoms with Crippen molar-refractivity contribution in [2.24, 2.45) is 0 Å². The minimum Gasteiger partial charge on any atom is -0.376 e. The van der Waals surface area contributed by atoms with E-state index in [4.69, 9.17) is 4.74 Å². The van der Waals surface area contributed by atoms with E-state index >= 15 is 0 Å². The summed E-state index contributed by atoms with van der Waals surface area (Å²) in [5.74, 6) is 0.634. The third-order valence-electron chi connectivity index (χ3n) is 4.99. The van der Waals surface area contributed by atoms with Crippen molar-refractivity contribution in [1.29, 1.82) is 0 Å². The molecule has 2 aromatic rings. The number of imide groups is 1. The lowest BCUT2D eigenvalue weighted by Gasteiger charge is -2.16. The molecule has 3 amide bonds. The number of ether oxygens (including phenoxy) is 1. The summed E-state index contributed by atoms with van der Waals surface area (Å²) in [7, 11) is 0. The highest BCUT2D eigenvalue weighted by atomic mass is 32.2. The number of aromatic nitrogens is 2. The second-order valence-corrected chi connectivity index (χ2v) is 8.01. The standard InChI is InChI=1S/C20H24N4O3S/c25-18-13-21-19(26)23(18)9-5-11-28-20-22-12-17(15-6-2-1-3-7-15)24(20)14-16-8-4-10-27-16/h1-3,6-7,12,16H,4-5,8-11,13-14H2,(H,21,26). The molecule has 148 valence electrons. The zero-order valence-electron chi connectivity index (χ0n) is 15.7. The normalized spacial score (nSPS) is 19.4. The Morgan fingerprint density at radius 1 is 1.25 bits per heavy atom. The molecule has 2 aliphatic rings. The molecule has 1 aromatic carbocycles. The summed E-state index contributed by atoms with van der Waals surface area (Å²) in [5.41, 5.74) is 2.23. The number of rotatable bonds is 8. The quantitative estimate of drug-likeness (QED) is 0.419. The molecule has 0 spiro atoms. The molecule has 1 N–H and O–H groups in total. The minimum atomic E-state index is -0.291. The van der Waals surface area contributed by atoms with Gasteiger partial charge in [-0.15, -0.1) is 0 Å². The molecule has 4 rings (SSSR count). The van der Waals surface area contributed by atoms with Gasteiger partial charge >= 0.3 is 6.03 Å². The third kappa shape index (κ3) is 4.23. The van der Waals surface area contributed by atoms with Crippen LogP contribution in [0.3, 0.4) is 0 Å². The van der Waals surface area contributed by atoms with Crippen molar-refractivity contribution in [3.63, 3.8) is 0 Å². The van der Waals surface area contributed by atoms with Gasteiger partial charge in [0.05, 0.1) is 31.1 Å². The van der Waals surface area contributed by atoms with Crippen LogP contribution in [0.2, 0.25) is 0 Å². The number of hydrogen-bond acceptors (Lipinski definition) is 5. The number of nitrogens with zero attached hydrogens (tertiary/aromatic N) is 3. The van der Waals surface area contributed by atoms with Crippen LogP contribution in [0.5, 0.6) is 0 Å². The van der Waals surface area contributed by atoms with Crippen molar-refractivity contribution in [1.82, 2.24) is 19.8 Å². The molecular formula is C20H24N4O3S. The Balaban J connectivity index is 1.43. The van der Waals surface area contributed by atoms with Gasteiger partial charge in [-0.3, -0.25) is 9.69 Å². The Morgan fingerprint density at radius 2 is 2.11 bits per heavy atom. The summed E-state index contributed by atoms with van der Waals surface area (Å²) in [6.07, 6.45) is 5.06. The molecule has 8 heteroatoms. The van der Waals surface area contributed by atoms with Gasteiger partial charge in [-0.1, -0.05) is 42.1 Å². The van der Waals surface area contributed by atoms with Crippen molar-refractivity contribution >= 4 is 23.7 Å². The maximum Gasteiger partial charge on any atom is 0.324 e. The predicted octanol–water partition coefficient (Wildman–Crippen LogP) is 2.76. The first-order chi connectivity index (χ1) is 13.7. The third-order valence-corrected chi connectivity index (χ3v) is 6.07. The topological polar surface area (TPSA) is 76.5 Å². The van der Waals surface area contributed by atoms with Crippen LogP contribution in [-0.4, -0.2) is 57.9 Å². The number of imidazole rings is 1. The molecule has 2 saturated heterocycles. The predicted molar refractivity (Wildman–Crippen MR) is 107 cm³/mol. The fraction of sp³-hybridized carbons (Fsp3) is 0.450. The van der Waals surface area contributed by atoms with E-state index in [0.29, 0.717) is 6.54 Å². The lowest BCUT2D eigenvalue weighted by atomic mass is 10.1. The number of carbonyl (C=O) groups excluding carboxylic acids is 2. The highest BCUT2D eigenvalue weighted by Crippen LogP contribution is 2.28. The largest absolute Gasteiger partial charge is 0.376 e. The average molecular weight is 401 g/mol. The van der Waals surface area contributed by atoms with Crippen LogP contribution in [0.15, 0.2) is 41.7 Å². The number of carbonyl (C=O) groups is 2. The smallest absolute Gasteiger partial charge is 0.324 e. The molecule has 28 heavy (non-hydrogen) atoms. The highest BCUT2D eigenvalue weighted by Gasteiger charge is 2.27. The maximum atomic E-state index is 11.7. The van der Waals surface area contributed by atoms with Crippen LogP contribution in [0.4, 0.5) is 4.79 Å². The Labute approximate surface area is 168 Å². The molecule has 1 unspecified atom stereocenters. The molecule has 1 aromatic heterocycles. The van der Waals surface area contributed by atoms with Gasteiger partial charge in [-0.2, -0.15) is 0 Å². The van der Waals surface area contributed by atoms with Gasteiger partial charge in [0.1, 0.15) is 0 Å². The van der Waals surface area contributed by atoms with Gasteiger partial charge < -0.3 is 14.6 Å². The van der Waals surface area contributed by atoms with Crippen LogP contribution >= 0.6 is 11.8 Å². The lowest BCUT2D eigenvalue weighted by molar-refractivity contribution is -0.124. The van der Waals surface area contributed by atoms with Gasteiger partial charge in [0.15, 0.2) is 5.16 Å². The summed E-state index contributed by atoms with van der Waals surface area (Å²) in [6, 6.07) is 9.97. The van der Waals surface area contributed by atoms with E-state index in [1.807, 2.05) is 24.4 Å². The number of benzene rings is 1. The Bertz CT molecular complexity index is 817. The lowest BCUT2D eigenvalue weighted by Crippen LogP contribution is -2.32. The number of nitrogens with one attached hydrogen (secondary N) is 1. The average Bonchev–Trinajstić information content (AvgIpc) is 3.43. The van der Waals surface area contributed by atoms with E-state index in [0.717, 1.165) is 54.6 Å². The first kappa shape index (κ1) is 19.0. The van der Waals surface area contributed by atoms with Gasteiger partial charge in [0, 0.05) is 18.9 Å². The molecule has 1 atom stereocenters. The molecule has 0 aliphatic carbocycles. The van der Waals surface area contributed by atoms with Crippen LogP contribution in [0.1, 0.15) is 19.3 Å². The van der Waals surface area contributed by atoms with Crippen molar-refractivity contribution in [2.45, 2.75) is 37.1 Å². The molecule has 2 aliphatic heterocycles. The van der Waals surface area contributed by atoms with E-state index in [9.17, 15) is 9.59 Å². The zero-order chi connectivity index (χ0) is 19.3. The molecule has 7 nitrogen and oxygen atoms in total. The Morgan fingerprint density at radius 3 is 2.82 bits per heavy atom. The second-order valence-electron chi connectivity index (χ2n) is 6.94. The number of amides is 3. The van der Waals surface area contributed by atoms with Gasteiger partial charge in [0.2, 0.25) is 5.91 Å². The Hall–Kier alpha value is -2.32. The highest BCUT2D eigenvalue weighted by molar-refractivity contribution is 7.99. The fourth-order valence-electron chi connectivity index (χ4n) is 3.55. The van der Waals surface area contributed by atoms with Crippen LogP contribution in [-0.2, 0) is 16.1 Å². The molecular weight excluding hydrogens is 376 g/mol. The van der Waals surface area contributed by atoms with Gasteiger partial charge in [0.25, 0.3) is 0 Å². The van der Waals surface area contributed by atoms with Crippen LogP contribution in [0, 0.1) is 0 Å². The van der Waals surface area contributed by atoms with Crippen molar-refractivity contribution < 1.29 is 14.3 Å². The molecule has 0 bridgehead atoms. The maximum absolute atomic E-state index is 11.7. The van der Waals surface area contributed by atoms with Crippen molar-refractivity contribution in [3.8, 4) is 11.3 Å². The van der Waals surface area contributed by atoms with Crippen LogP contribution < -0.4 is 5.32 Å². The van der Waals surface area contributed by atoms with Gasteiger partial charge in [-0.05, 0) is 24.8 Å². The van der Waals surface area contributed by atoms with E-state index < -0.39 is 0 Å². The second kappa shape index (κ2) is 8.79. The Kier molecular flexibility index (Phi) is 5.97. The summed E-state index contributed by atoms with van der Waals surface area (Å²) >= 11 is 1.66. The zero-order valence-corrected chi connectivity index (χ0v) is 16.5. The first-order valence-electron chi connectivity index (χ1n) is 9.66. The summed E-state index contributed by atoms with van der Waals surface area (Å²) < 4.78 is 8.08. The molecule has 3 heterocycles. The number of thioether (sulfide) groups is 1. The minimum absolute atomic E-state index is 0.109. The van der Waals surface area contributed by atoms with E-state index in [1.165, 1.54) is 4.90 Å². The summed E-state index contributed by atoms with van der Waals surface area (Å²) in [5, 5.41) is 3.50. The summed E-state index contributed by atoms with van der Waals surface area (Å²) in [6.45, 7) is 2.17. The van der Waals surface area contributed by atoms with Crippen molar-refractivity contribution in [2.75, 3.05) is 25.4 Å². The van der Waals surface area contributed by atoms with Crippen molar-refractivity contribution in [3.05, 3.63) is 36.5 Å². The number of urea groups is 1. The molecule has 2 fully saturated rings. The fourth-order valence-corrected chi connectivity index (χ4v) is 4.46. The monoisotopic (exact) mass is 400 g/mol. The van der Waals surface area contributed by atoms with E-state index in [-0.39, 0.29) is 24.6 Å². The molecule has 0 saturated carbocycles. The molecule has 0 radical (unpaired) electrons. The van der Waals surface area contributed by atoms with Crippen LogP contribution in [0.25, 0.3) is 11.3 Å². The SMILES string of the molecule is O=C1CNC(=O)N1CCCSc1ncc(-c2ccccc2)n1CC1CCCO1. The summed E-state index contributed by atoms with van der Waals surface area (Å²) in [4.78, 5) is 29.2. The number of hydrogen-bond donors (Lipinski definition) is 1. The van der Waals surface area contributed by atoms with E-state index in [1.54, 1.807) is 11.8 Å². The van der Waals surface area contributed by atoms with E-state index in [2.05, 4.69) is 27.0 Å². The first-order valence-corrected chi connectivity index (χ1v) is 10.6. The van der Waals surface area contributed by atoms with Gasteiger partial charge in [-0.25, -0.2) is 9.78 Å².